The minimum atomic E-state index is -0.496. The van der Waals surface area contributed by atoms with Crippen LogP contribution >= 0.6 is 0 Å². The minimum Gasteiger partial charge on any atom is -0.489 e. The fourth-order valence-electron chi connectivity index (χ4n) is 3.32. The van der Waals surface area contributed by atoms with Crippen LogP contribution in [0.1, 0.15) is 31.8 Å². The van der Waals surface area contributed by atoms with E-state index in [1.165, 1.54) is 19.4 Å². The lowest BCUT2D eigenvalue weighted by molar-refractivity contribution is 0.0600. The molecule has 7 heteroatoms. The number of para-hydroxylation sites is 2. The summed E-state index contributed by atoms with van der Waals surface area (Å²) in [7, 11) is 1.30. The summed E-state index contributed by atoms with van der Waals surface area (Å²) in [6.07, 6.45) is 1.35. The summed E-state index contributed by atoms with van der Waals surface area (Å²) in [5.41, 5.74) is 2.37. The highest BCUT2D eigenvalue weighted by atomic mass is 16.5. The number of anilines is 1. The van der Waals surface area contributed by atoms with Gasteiger partial charge in [0.2, 0.25) is 0 Å². The zero-order valence-electron chi connectivity index (χ0n) is 19.1. The summed E-state index contributed by atoms with van der Waals surface area (Å²) in [6.45, 7) is 0.574. The summed E-state index contributed by atoms with van der Waals surface area (Å²) in [6, 6.07) is 27.5. The van der Waals surface area contributed by atoms with E-state index in [9.17, 15) is 9.59 Å². The maximum Gasteiger partial charge on any atom is 0.339 e. The normalized spacial score (nSPS) is 10.3. The van der Waals surface area contributed by atoms with Gasteiger partial charge in [0.25, 0.3) is 5.91 Å². The Morgan fingerprint density at radius 2 is 1.31 bits per heavy atom. The van der Waals surface area contributed by atoms with Crippen molar-refractivity contribution in [3.8, 4) is 11.5 Å². The van der Waals surface area contributed by atoms with E-state index >= 15 is 0 Å². The van der Waals surface area contributed by atoms with E-state index in [1.54, 1.807) is 18.2 Å². The second kappa shape index (κ2) is 11.5. The Balaban J connectivity index is 1.52. The first-order chi connectivity index (χ1) is 17.1. The average molecular weight is 469 g/mol. The third-order valence-corrected chi connectivity index (χ3v) is 5.04. The highest BCUT2D eigenvalue weighted by Gasteiger charge is 2.12. The number of methoxy groups -OCH3 is 1. The van der Waals surface area contributed by atoms with Gasteiger partial charge in [-0.05, 0) is 65.7 Å². The number of pyridine rings is 1. The first-order valence-electron chi connectivity index (χ1n) is 10.9. The molecule has 0 atom stereocenters. The van der Waals surface area contributed by atoms with E-state index in [0.717, 1.165) is 22.6 Å². The highest BCUT2D eigenvalue weighted by molar-refractivity contribution is 6.04. The molecule has 4 aromatic rings. The molecule has 1 N–H and O–H groups in total. The molecule has 0 aliphatic rings. The second-order valence-electron chi connectivity index (χ2n) is 7.62. The molecule has 7 nitrogen and oxygen atoms in total. The molecule has 0 aliphatic heterocycles. The Morgan fingerprint density at radius 1 is 0.743 bits per heavy atom. The number of amides is 1. The third-order valence-electron chi connectivity index (χ3n) is 5.04. The molecule has 176 valence electrons. The van der Waals surface area contributed by atoms with Gasteiger partial charge in [0.1, 0.15) is 30.5 Å². The van der Waals surface area contributed by atoms with E-state index in [-0.39, 0.29) is 19.1 Å². The number of hydrogen-bond donors (Lipinski definition) is 1. The van der Waals surface area contributed by atoms with E-state index in [0.29, 0.717) is 16.9 Å². The monoisotopic (exact) mass is 468 g/mol. The standard InChI is InChI=1S/C28H24N2O5/c1-33-28(32)22-12-13-26(29-17-22)30-27(31)23-15-20(18-34-24-8-4-2-5-9-24)14-21(16-23)19-35-25-10-6-3-7-11-25/h2-17H,18-19H2,1H3,(H,29,30,31). The van der Waals surface area contributed by atoms with Crippen LogP contribution in [0, 0.1) is 0 Å². The van der Waals surface area contributed by atoms with Crippen molar-refractivity contribution < 1.29 is 23.8 Å². The molecule has 3 aromatic carbocycles. The smallest absolute Gasteiger partial charge is 0.339 e. The van der Waals surface area contributed by atoms with Crippen LogP contribution < -0.4 is 14.8 Å². The molecule has 35 heavy (non-hydrogen) atoms. The van der Waals surface area contributed by atoms with E-state index in [4.69, 9.17) is 9.47 Å². The summed E-state index contributed by atoms with van der Waals surface area (Å²) < 4.78 is 16.4. The number of esters is 1. The van der Waals surface area contributed by atoms with Crippen LogP contribution in [0.3, 0.4) is 0 Å². The number of nitrogens with one attached hydrogen (secondary N) is 1. The van der Waals surface area contributed by atoms with Crippen LogP contribution in [0.25, 0.3) is 0 Å². The van der Waals surface area contributed by atoms with Gasteiger partial charge in [-0.3, -0.25) is 4.79 Å². The maximum atomic E-state index is 13.0. The van der Waals surface area contributed by atoms with Crippen molar-refractivity contribution in [1.82, 2.24) is 4.98 Å². The summed E-state index contributed by atoms with van der Waals surface area (Å²) in [4.78, 5) is 28.7. The van der Waals surface area contributed by atoms with Gasteiger partial charge in [0.15, 0.2) is 0 Å². The predicted molar refractivity (Wildman–Crippen MR) is 132 cm³/mol. The lowest BCUT2D eigenvalue weighted by Gasteiger charge is -2.12. The van der Waals surface area contributed by atoms with Gasteiger partial charge in [-0.1, -0.05) is 36.4 Å². The van der Waals surface area contributed by atoms with Gasteiger partial charge < -0.3 is 19.5 Å². The van der Waals surface area contributed by atoms with E-state index in [2.05, 4.69) is 15.0 Å². The first-order valence-corrected chi connectivity index (χ1v) is 10.9. The topological polar surface area (TPSA) is 86.8 Å². The lowest BCUT2D eigenvalue weighted by Crippen LogP contribution is -2.15. The van der Waals surface area contributed by atoms with Crippen molar-refractivity contribution in [1.29, 1.82) is 0 Å². The number of aromatic nitrogens is 1. The fourth-order valence-corrected chi connectivity index (χ4v) is 3.32. The number of carbonyl (C=O) groups excluding carboxylic acids is 2. The third kappa shape index (κ3) is 6.68. The SMILES string of the molecule is COC(=O)c1ccc(NC(=O)c2cc(COc3ccccc3)cc(COc3ccccc3)c2)nc1. The average Bonchev–Trinajstić information content (AvgIpc) is 2.92. The number of nitrogens with zero attached hydrogens (tertiary/aromatic N) is 1. The Labute approximate surface area is 203 Å². The molecular formula is C28H24N2O5. The Morgan fingerprint density at radius 3 is 1.80 bits per heavy atom. The molecule has 1 amide bonds. The molecule has 0 unspecified atom stereocenters. The Kier molecular flexibility index (Phi) is 7.70. The zero-order chi connectivity index (χ0) is 24.5. The van der Waals surface area contributed by atoms with Crippen LogP contribution in [-0.2, 0) is 18.0 Å². The van der Waals surface area contributed by atoms with Gasteiger partial charge in [0, 0.05) is 11.8 Å². The van der Waals surface area contributed by atoms with Crippen molar-refractivity contribution in [2.75, 3.05) is 12.4 Å². The van der Waals surface area contributed by atoms with Crippen LogP contribution in [0.4, 0.5) is 5.82 Å². The number of carbonyl (C=O) groups is 2. The van der Waals surface area contributed by atoms with Crippen molar-refractivity contribution in [3.63, 3.8) is 0 Å². The molecule has 0 saturated carbocycles. The molecule has 4 rings (SSSR count). The van der Waals surface area contributed by atoms with Crippen molar-refractivity contribution in [3.05, 3.63) is 119 Å². The predicted octanol–water partition coefficient (Wildman–Crippen LogP) is 5.28. The quantitative estimate of drug-likeness (QED) is 0.337. The zero-order valence-corrected chi connectivity index (χ0v) is 19.1. The van der Waals surface area contributed by atoms with Crippen molar-refractivity contribution in [2.45, 2.75) is 13.2 Å². The molecule has 0 aliphatic carbocycles. The number of ether oxygens (including phenoxy) is 3. The Hall–Kier alpha value is -4.65. The largest absolute Gasteiger partial charge is 0.489 e. The molecule has 1 heterocycles. The number of rotatable bonds is 9. The molecule has 0 saturated heterocycles. The highest BCUT2D eigenvalue weighted by Crippen LogP contribution is 2.19. The second-order valence-corrected chi connectivity index (χ2v) is 7.62. The summed E-state index contributed by atoms with van der Waals surface area (Å²) >= 11 is 0. The first kappa shape index (κ1) is 23.5. The Bertz CT molecular complexity index is 1210. The van der Waals surface area contributed by atoms with E-state index < -0.39 is 5.97 Å². The molecule has 0 radical (unpaired) electrons. The summed E-state index contributed by atoms with van der Waals surface area (Å²) in [5, 5.41) is 2.76. The van der Waals surface area contributed by atoms with Crippen LogP contribution in [0.2, 0.25) is 0 Å². The van der Waals surface area contributed by atoms with Crippen LogP contribution in [0.5, 0.6) is 11.5 Å². The number of hydrogen-bond acceptors (Lipinski definition) is 6. The fraction of sp³-hybridized carbons (Fsp3) is 0.107. The number of benzene rings is 3. The van der Waals surface area contributed by atoms with E-state index in [1.807, 2.05) is 66.7 Å². The summed E-state index contributed by atoms with van der Waals surface area (Å²) in [5.74, 6) is 0.949. The molecule has 0 bridgehead atoms. The molecule has 0 spiro atoms. The van der Waals surface area contributed by atoms with Gasteiger partial charge in [-0.15, -0.1) is 0 Å². The van der Waals surface area contributed by atoms with Crippen molar-refractivity contribution in [2.24, 2.45) is 0 Å². The van der Waals surface area contributed by atoms with Crippen LogP contribution in [-0.4, -0.2) is 24.0 Å². The van der Waals surface area contributed by atoms with Crippen molar-refractivity contribution >= 4 is 17.7 Å². The van der Waals surface area contributed by atoms with Gasteiger partial charge in [-0.25, -0.2) is 9.78 Å². The molecule has 0 fully saturated rings. The van der Waals surface area contributed by atoms with Gasteiger partial charge in [-0.2, -0.15) is 0 Å². The van der Waals surface area contributed by atoms with Gasteiger partial charge in [0.05, 0.1) is 12.7 Å². The van der Waals surface area contributed by atoms with Crippen LogP contribution in [0.15, 0.2) is 97.2 Å². The maximum absolute atomic E-state index is 13.0. The minimum absolute atomic E-state index is 0.287. The van der Waals surface area contributed by atoms with Gasteiger partial charge >= 0.3 is 5.97 Å². The molecular weight excluding hydrogens is 444 g/mol. The lowest BCUT2D eigenvalue weighted by atomic mass is 10.1. The molecule has 1 aromatic heterocycles.